The zero-order valence-electron chi connectivity index (χ0n) is 11.3. The zero-order chi connectivity index (χ0) is 16.3. The van der Waals surface area contributed by atoms with Crippen molar-refractivity contribution in [2.75, 3.05) is 5.32 Å². The van der Waals surface area contributed by atoms with Gasteiger partial charge in [0.25, 0.3) is 5.03 Å². The van der Waals surface area contributed by atoms with Crippen LogP contribution in [0.4, 0.5) is 5.69 Å². The highest BCUT2D eigenvalue weighted by Gasteiger charge is 2.20. The van der Waals surface area contributed by atoms with Crippen molar-refractivity contribution in [2.45, 2.75) is 17.2 Å². The quantitative estimate of drug-likeness (QED) is 0.372. The smallest absolute Gasteiger partial charge is 0.252 e. The molecule has 2 rings (SSSR count). The predicted octanol–water partition coefficient (Wildman–Crippen LogP) is 4.40. The number of nitrogens with zero attached hydrogens (tertiary/aromatic N) is 1. The molecule has 1 aromatic carbocycles. The van der Waals surface area contributed by atoms with E-state index in [0.717, 1.165) is 11.8 Å². The van der Waals surface area contributed by atoms with Crippen LogP contribution >= 0.6 is 46.6 Å². The maximum absolute atomic E-state index is 12.2. The lowest BCUT2D eigenvalue weighted by Gasteiger charge is -2.13. The van der Waals surface area contributed by atoms with E-state index in [9.17, 15) is 10.0 Å². The molecule has 0 unspecified atom stereocenters. The molecule has 116 valence electrons. The Balaban J connectivity index is 2.09. The molecule has 8 heteroatoms. The van der Waals surface area contributed by atoms with E-state index in [1.807, 2.05) is 0 Å². The fourth-order valence-corrected chi connectivity index (χ4v) is 3.04. The number of hydrogen-bond donors (Lipinski definition) is 1. The summed E-state index contributed by atoms with van der Waals surface area (Å²) < 4.78 is 0.709. The maximum atomic E-state index is 12.2. The Hall–Kier alpha value is -1.14. The number of rotatable bonds is 4. The standard InChI is InChI=1S/C14H11Cl3N2O2S/c1-8(22-13-4-2-3-5-19(13)21)14(20)18-12-7-10(16)9(15)6-11(12)17/h2-8H,1H3,(H,18,20)/t8-/m1/s1. The van der Waals surface area contributed by atoms with Crippen LogP contribution in [0.2, 0.25) is 15.1 Å². The number of halogens is 3. The summed E-state index contributed by atoms with van der Waals surface area (Å²) in [5, 5.41) is 15.1. The van der Waals surface area contributed by atoms with Crippen LogP contribution in [0.1, 0.15) is 6.92 Å². The average molecular weight is 378 g/mol. The number of hydrogen-bond acceptors (Lipinski definition) is 3. The van der Waals surface area contributed by atoms with Crippen molar-refractivity contribution < 1.29 is 9.52 Å². The number of carbonyl (C=O) groups excluding carboxylic acids is 1. The molecule has 1 amide bonds. The van der Waals surface area contributed by atoms with E-state index in [1.165, 1.54) is 18.3 Å². The van der Waals surface area contributed by atoms with Gasteiger partial charge >= 0.3 is 0 Å². The topological polar surface area (TPSA) is 56.0 Å². The van der Waals surface area contributed by atoms with Gasteiger partial charge in [0.1, 0.15) is 0 Å². The molecule has 0 aliphatic carbocycles. The lowest BCUT2D eigenvalue weighted by atomic mass is 10.3. The van der Waals surface area contributed by atoms with Crippen LogP contribution in [-0.2, 0) is 4.79 Å². The van der Waals surface area contributed by atoms with Gasteiger partial charge in [-0.2, -0.15) is 4.73 Å². The van der Waals surface area contributed by atoms with Crippen molar-refractivity contribution >= 4 is 58.2 Å². The number of anilines is 1. The summed E-state index contributed by atoms with van der Waals surface area (Å²) in [6.07, 6.45) is 1.38. The van der Waals surface area contributed by atoms with Gasteiger partial charge in [-0.15, -0.1) is 0 Å². The van der Waals surface area contributed by atoms with Crippen LogP contribution in [0.3, 0.4) is 0 Å². The molecule has 0 bridgehead atoms. The van der Waals surface area contributed by atoms with E-state index < -0.39 is 5.25 Å². The molecule has 0 saturated heterocycles. The van der Waals surface area contributed by atoms with E-state index in [1.54, 1.807) is 25.1 Å². The number of aromatic nitrogens is 1. The van der Waals surface area contributed by atoms with E-state index in [-0.39, 0.29) is 5.91 Å². The number of nitrogens with one attached hydrogen (secondary N) is 1. The van der Waals surface area contributed by atoms with Crippen LogP contribution in [0, 0.1) is 5.21 Å². The number of amides is 1. The molecular weight excluding hydrogens is 367 g/mol. The molecule has 2 aromatic rings. The molecule has 4 nitrogen and oxygen atoms in total. The minimum Gasteiger partial charge on any atom is -0.618 e. The second kappa shape index (κ2) is 7.42. The van der Waals surface area contributed by atoms with Gasteiger partial charge in [-0.05, 0) is 36.9 Å². The summed E-state index contributed by atoms with van der Waals surface area (Å²) >= 11 is 18.9. The molecule has 1 aromatic heterocycles. The molecule has 1 heterocycles. The molecule has 0 aliphatic heterocycles. The molecule has 0 saturated carbocycles. The summed E-state index contributed by atoms with van der Waals surface area (Å²) in [5.41, 5.74) is 0.372. The first-order valence-electron chi connectivity index (χ1n) is 6.18. The fourth-order valence-electron chi connectivity index (χ4n) is 1.59. The summed E-state index contributed by atoms with van der Waals surface area (Å²) in [5.74, 6) is -0.297. The first-order valence-corrected chi connectivity index (χ1v) is 8.20. The Morgan fingerprint density at radius 3 is 2.59 bits per heavy atom. The highest BCUT2D eigenvalue weighted by atomic mass is 35.5. The van der Waals surface area contributed by atoms with Gasteiger partial charge in [-0.1, -0.05) is 34.8 Å². The van der Waals surface area contributed by atoms with Gasteiger partial charge < -0.3 is 10.5 Å². The van der Waals surface area contributed by atoms with E-state index >= 15 is 0 Å². The fraction of sp³-hybridized carbons (Fsp3) is 0.143. The lowest BCUT2D eigenvalue weighted by Crippen LogP contribution is -2.30. The molecular formula is C14H11Cl3N2O2S. The predicted molar refractivity (Wildman–Crippen MR) is 90.8 cm³/mol. The van der Waals surface area contributed by atoms with Gasteiger partial charge in [0, 0.05) is 12.1 Å². The third-order valence-corrected chi connectivity index (χ3v) is 4.88. The van der Waals surface area contributed by atoms with Crippen molar-refractivity contribution in [3.8, 4) is 0 Å². The van der Waals surface area contributed by atoms with Gasteiger partial charge in [-0.3, -0.25) is 4.79 Å². The Bertz CT molecular complexity index is 712. The van der Waals surface area contributed by atoms with Crippen molar-refractivity contribution in [3.05, 3.63) is 56.8 Å². The monoisotopic (exact) mass is 376 g/mol. The SMILES string of the molecule is C[C@@H](Sc1cccc[n+]1[O-])C(=O)Nc1cc(Cl)c(Cl)cc1Cl. The largest absolute Gasteiger partial charge is 0.618 e. The molecule has 1 atom stereocenters. The van der Waals surface area contributed by atoms with Crippen LogP contribution in [0.25, 0.3) is 0 Å². The highest BCUT2D eigenvalue weighted by Crippen LogP contribution is 2.32. The molecule has 0 fully saturated rings. The van der Waals surface area contributed by atoms with Crippen LogP contribution in [-0.4, -0.2) is 11.2 Å². The normalized spacial score (nSPS) is 12.0. The van der Waals surface area contributed by atoms with Gasteiger partial charge in [-0.25, -0.2) is 0 Å². The Kier molecular flexibility index (Phi) is 5.81. The summed E-state index contributed by atoms with van der Waals surface area (Å²) in [4.78, 5) is 12.2. The summed E-state index contributed by atoms with van der Waals surface area (Å²) in [6, 6.07) is 7.95. The average Bonchev–Trinajstić information content (AvgIpc) is 2.47. The van der Waals surface area contributed by atoms with Crippen molar-refractivity contribution in [1.29, 1.82) is 0 Å². The summed E-state index contributed by atoms with van der Waals surface area (Å²) in [6.45, 7) is 1.69. The van der Waals surface area contributed by atoms with Crippen molar-refractivity contribution in [1.82, 2.24) is 0 Å². The molecule has 0 aliphatic rings. The number of benzene rings is 1. The lowest BCUT2D eigenvalue weighted by molar-refractivity contribution is -0.645. The maximum Gasteiger partial charge on any atom is 0.252 e. The van der Waals surface area contributed by atoms with E-state index in [4.69, 9.17) is 34.8 Å². The molecule has 1 N–H and O–H groups in total. The van der Waals surface area contributed by atoms with Gasteiger partial charge in [0.05, 0.1) is 26.0 Å². The first kappa shape index (κ1) is 17.2. The first-order chi connectivity index (χ1) is 10.4. The summed E-state index contributed by atoms with van der Waals surface area (Å²) in [7, 11) is 0. The Morgan fingerprint density at radius 2 is 1.91 bits per heavy atom. The number of pyridine rings is 1. The van der Waals surface area contributed by atoms with Crippen LogP contribution in [0.15, 0.2) is 41.6 Å². The third-order valence-electron chi connectivity index (χ3n) is 2.72. The van der Waals surface area contributed by atoms with Gasteiger partial charge in [0.15, 0.2) is 6.20 Å². The highest BCUT2D eigenvalue weighted by molar-refractivity contribution is 8.00. The minimum atomic E-state index is -0.492. The van der Waals surface area contributed by atoms with E-state index in [2.05, 4.69) is 5.32 Å². The Labute approximate surface area is 147 Å². The molecule has 0 radical (unpaired) electrons. The molecule has 0 spiro atoms. The minimum absolute atomic E-state index is 0.290. The van der Waals surface area contributed by atoms with E-state index in [0.29, 0.717) is 30.5 Å². The van der Waals surface area contributed by atoms with Crippen LogP contribution in [0.5, 0.6) is 0 Å². The second-order valence-electron chi connectivity index (χ2n) is 4.36. The number of thioether (sulfide) groups is 1. The Morgan fingerprint density at radius 1 is 1.23 bits per heavy atom. The number of carbonyl (C=O) groups is 1. The zero-order valence-corrected chi connectivity index (χ0v) is 14.4. The van der Waals surface area contributed by atoms with Crippen LogP contribution < -0.4 is 10.0 Å². The molecule has 22 heavy (non-hydrogen) atoms. The van der Waals surface area contributed by atoms with Crippen molar-refractivity contribution in [3.63, 3.8) is 0 Å². The third kappa shape index (κ3) is 4.20. The second-order valence-corrected chi connectivity index (χ2v) is 6.94. The van der Waals surface area contributed by atoms with Gasteiger partial charge in [0.2, 0.25) is 5.91 Å². The van der Waals surface area contributed by atoms with Crippen molar-refractivity contribution in [2.24, 2.45) is 0 Å².